The summed E-state index contributed by atoms with van der Waals surface area (Å²) in [6.45, 7) is 3.64. The Morgan fingerprint density at radius 2 is 2.00 bits per heavy atom. The lowest BCUT2D eigenvalue weighted by Gasteiger charge is -2.02. The lowest BCUT2D eigenvalue weighted by atomic mass is 10.5. The van der Waals surface area contributed by atoms with E-state index in [1.807, 2.05) is 6.92 Å². The highest BCUT2D eigenvalue weighted by molar-refractivity contribution is 5.34. The van der Waals surface area contributed by atoms with Crippen molar-refractivity contribution < 1.29 is 4.74 Å². The maximum Gasteiger partial charge on any atom is 0.240 e. The van der Waals surface area contributed by atoms with E-state index in [-0.39, 0.29) is 0 Å². The lowest BCUT2D eigenvalue weighted by Crippen LogP contribution is -1.97. The van der Waals surface area contributed by atoms with Crippen LogP contribution in [0, 0.1) is 13.8 Å². The summed E-state index contributed by atoms with van der Waals surface area (Å²) >= 11 is 0. The Hall–Kier alpha value is -2.11. The first-order valence-electron chi connectivity index (χ1n) is 4.44. The van der Waals surface area contributed by atoms with Crippen LogP contribution in [0.5, 0.6) is 11.8 Å². The van der Waals surface area contributed by atoms with Crippen LogP contribution in [0.4, 0.5) is 5.82 Å². The van der Waals surface area contributed by atoms with Gasteiger partial charge in [0.05, 0.1) is 0 Å². The fourth-order valence-corrected chi connectivity index (χ4v) is 1.17. The number of ether oxygens (including phenoxy) is 1. The third kappa shape index (κ3) is 2.22. The fraction of sp³-hybridized carbons (Fsp3) is 0.222. The zero-order valence-corrected chi connectivity index (χ0v) is 8.48. The summed E-state index contributed by atoms with van der Waals surface area (Å²) in [5, 5.41) is 6.69. The first-order chi connectivity index (χ1) is 7.13. The molecule has 2 aromatic rings. The van der Waals surface area contributed by atoms with Crippen LogP contribution in [0.1, 0.15) is 11.5 Å². The van der Waals surface area contributed by atoms with E-state index in [0.29, 0.717) is 23.4 Å². The molecule has 3 N–H and O–H groups in total. The van der Waals surface area contributed by atoms with Gasteiger partial charge in [0.2, 0.25) is 11.8 Å². The summed E-state index contributed by atoms with van der Waals surface area (Å²) in [6, 6.07) is 3.32. The Balaban J connectivity index is 2.24. The predicted molar refractivity (Wildman–Crippen MR) is 54.6 cm³/mol. The molecule has 0 atom stereocenters. The number of aryl methyl sites for hydroxylation is 2. The standard InChI is InChI=1S/C9H11N5O/c1-5-3-9(14-13-5)15-8-4-7(10)11-6(2)12-8/h3-4H,1-2H3,(H,13,14)(H2,10,11,12). The first-order valence-corrected chi connectivity index (χ1v) is 4.44. The van der Waals surface area contributed by atoms with Gasteiger partial charge in [-0.3, -0.25) is 5.10 Å². The van der Waals surface area contributed by atoms with Crippen molar-refractivity contribution in [3.05, 3.63) is 23.7 Å². The van der Waals surface area contributed by atoms with Gasteiger partial charge in [-0.2, -0.15) is 4.98 Å². The average Bonchev–Trinajstić information content (AvgIpc) is 2.49. The van der Waals surface area contributed by atoms with Crippen molar-refractivity contribution in [1.29, 1.82) is 0 Å². The van der Waals surface area contributed by atoms with Crippen molar-refractivity contribution in [3.8, 4) is 11.8 Å². The van der Waals surface area contributed by atoms with Crippen molar-refractivity contribution in [2.75, 3.05) is 5.73 Å². The summed E-state index contributed by atoms with van der Waals surface area (Å²) in [5.74, 6) is 1.80. The molecule has 0 aliphatic heterocycles. The van der Waals surface area contributed by atoms with Gasteiger partial charge in [-0.05, 0) is 13.8 Å². The molecule has 2 rings (SSSR count). The third-order valence-corrected chi connectivity index (χ3v) is 1.73. The highest BCUT2D eigenvalue weighted by Gasteiger charge is 2.04. The van der Waals surface area contributed by atoms with E-state index in [0.717, 1.165) is 5.69 Å². The highest BCUT2D eigenvalue weighted by Crippen LogP contribution is 2.18. The molecule has 0 unspecified atom stereocenters. The van der Waals surface area contributed by atoms with Gasteiger partial charge < -0.3 is 10.5 Å². The fourth-order valence-electron chi connectivity index (χ4n) is 1.17. The number of anilines is 1. The van der Waals surface area contributed by atoms with Gasteiger partial charge in [-0.25, -0.2) is 4.98 Å². The van der Waals surface area contributed by atoms with Gasteiger partial charge in [0.15, 0.2) is 0 Å². The summed E-state index contributed by atoms with van der Waals surface area (Å²) in [7, 11) is 0. The van der Waals surface area contributed by atoms with Crippen LogP contribution in [0.15, 0.2) is 12.1 Å². The van der Waals surface area contributed by atoms with Gasteiger partial charge in [-0.15, -0.1) is 5.10 Å². The summed E-state index contributed by atoms with van der Waals surface area (Å²) in [4.78, 5) is 8.01. The maximum absolute atomic E-state index is 5.56. The Bertz CT molecular complexity index is 459. The molecule has 78 valence electrons. The van der Waals surface area contributed by atoms with E-state index in [2.05, 4.69) is 20.2 Å². The van der Waals surface area contributed by atoms with E-state index in [1.165, 1.54) is 0 Å². The number of nitrogens with two attached hydrogens (primary N) is 1. The Labute approximate surface area is 86.5 Å². The van der Waals surface area contributed by atoms with Gasteiger partial charge in [0.25, 0.3) is 0 Å². The zero-order valence-electron chi connectivity index (χ0n) is 8.48. The number of nitrogen functional groups attached to an aromatic ring is 1. The maximum atomic E-state index is 5.56. The first kappa shape index (κ1) is 9.45. The second kappa shape index (κ2) is 3.56. The molecule has 0 amide bonds. The van der Waals surface area contributed by atoms with Crippen LogP contribution >= 0.6 is 0 Å². The Kier molecular flexibility index (Phi) is 2.24. The molecule has 6 heteroatoms. The number of nitrogens with zero attached hydrogens (tertiary/aromatic N) is 3. The summed E-state index contributed by atoms with van der Waals surface area (Å²) in [6.07, 6.45) is 0. The highest BCUT2D eigenvalue weighted by atomic mass is 16.5. The van der Waals surface area contributed by atoms with Crippen LogP contribution in [-0.2, 0) is 0 Å². The van der Waals surface area contributed by atoms with E-state index in [4.69, 9.17) is 10.5 Å². The Morgan fingerprint density at radius 3 is 2.60 bits per heavy atom. The minimum absolute atomic E-state index is 0.379. The average molecular weight is 205 g/mol. The van der Waals surface area contributed by atoms with E-state index in [9.17, 15) is 0 Å². The Morgan fingerprint density at radius 1 is 1.20 bits per heavy atom. The van der Waals surface area contributed by atoms with Gasteiger partial charge in [0, 0.05) is 17.8 Å². The molecule has 0 aliphatic carbocycles. The number of nitrogens with one attached hydrogen (secondary N) is 1. The molecule has 0 radical (unpaired) electrons. The number of aromatic nitrogens is 4. The van der Waals surface area contributed by atoms with Crippen LogP contribution in [0.25, 0.3) is 0 Å². The second-order valence-electron chi connectivity index (χ2n) is 3.17. The molecule has 0 fully saturated rings. The molecule has 6 nitrogen and oxygen atoms in total. The normalized spacial score (nSPS) is 10.3. The van der Waals surface area contributed by atoms with Crippen molar-refractivity contribution in [2.24, 2.45) is 0 Å². The number of H-pyrrole nitrogens is 1. The molecule has 0 bridgehead atoms. The SMILES string of the molecule is Cc1nc(N)cc(Oc2cc(C)[nH]n2)n1. The number of hydrogen-bond donors (Lipinski definition) is 2. The molecule has 0 spiro atoms. The molecule has 0 aliphatic rings. The predicted octanol–water partition coefficient (Wildman–Crippen LogP) is 1.19. The van der Waals surface area contributed by atoms with E-state index >= 15 is 0 Å². The molecule has 15 heavy (non-hydrogen) atoms. The number of hydrogen-bond acceptors (Lipinski definition) is 5. The van der Waals surface area contributed by atoms with Gasteiger partial charge in [0.1, 0.15) is 11.6 Å². The van der Waals surface area contributed by atoms with Crippen LogP contribution in [-0.4, -0.2) is 20.2 Å². The lowest BCUT2D eigenvalue weighted by molar-refractivity contribution is 0.441. The van der Waals surface area contributed by atoms with Crippen LogP contribution < -0.4 is 10.5 Å². The van der Waals surface area contributed by atoms with E-state index < -0.39 is 0 Å². The molecular formula is C9H11N5O. The summed E-state index contributed by atoms with van der Waals surface area (Å²) < 4.78 is 5.39. The molecule has 2 heterocycles. The van der Waals surface area contributed by atoms with E-state index in [1.54, 1.807) is 19.1 Å². The number of rotatable bonds is 2. The molecule has 0 aromatic carbocycles. The molecular weight excluding hydrogens is 194 g/mol. The molecule has 0 saturated carbocycles. The zero-order chi connectivity index (χ0) is 10.8. The topological polar surface area (TPSA) is 89.7 Å². The smallest absolute Gasteiger partial charge is 0.240 e. The van der Waals surface area contributed by atoms with Crippen molar-refractivity contribution >= 4 is 5.82 Å². The van der Waals surface area contributed by atoms with Crippen LogP contribution in [0.3, 0.4) is 0 Å². The third-order valence-electron chi connectivity index (χ3n) is 1.73. The molecule has 2 aromatic heterocycles. The van der Waals surface area contributed by atoms with Gasteiger partial charge >= 0.3 is 0 Å². The molecule has 0 saturated heterocycles. The largest absolute Gasteiger partial charge is 0.419 e. The monoisotopic (exact) mass is 205 g/mol. The minimum atomic E-state index is 0.379. The second-order valence-corrected chi connectivity index (χ2v) is 3.17. The van der Waals surface area contributed by atoms with Crippen molar-refractivity contribution in [1.82, 2.24) is 20.2 Å². The van der Waals surface area contributed by atoms with Crippen LogP contribution in [0.2, 0.25) is 0 Å². The minimum Gasteiger partial charge on any atom is -0.419 e. The van der Waals surface area contributed by atoms with Crippen molar-refractivity contribution in [2.45, 2.75) is 13.8 Å². The van der Waals surface area contributed by atoms with Gasteiger partial charge in [-0.1, -0.05) is 0 Å². The van der Waals surface area contributed by atoms with Crippen molar-refractivity contribution in [3.63, 3.8) is 0 Å². The summed E-state index contributed by atoms with van der Waals surface area (Å²) in [5.41, 5.74) is 6.48. The quantitative estimate of drug-likeness (QED) is 0.768. The number of aromatic amines is 1.